The molecule has 1 aromatic rings. The van der Waals surface area contributed by atoms with Crippen LogP contribution in [0.5, 0.6) is 0 Å². The minimum atomic E-state index is -0.182. The van der Waals surface area contributed by atoms with Gasteiger partial charge in [-0.1, -0.05) is 6.92 Å². The number of aliphatic hydroxyl groups is 1. The highest BCUT2D eigenvalue weighted by molar-refractivity contribution is 5.04. The van der Waals surface area contributed by atoms with Crippen molar-refractivity contribution in [3.63, 3.8) is 0 Å². The average Bonchev–Trinajstić information content (AvgIpc) is 2.81. The first-order valence-corrected chi connectivity index (χ1v) is 7.39. The molecule has 0 amide bonds. The van der Waals surface area contributed by atoms with Gasteiger partial charge in [-0.25, -0.2) is 0 Å². The van der Waals surface area contributed by atoms with Gasteiger partial charge in [0, 0.05) is 18.7 Å². The Morgan fingerprint density at radius 2 is 2.11 bits per heavy atom. The second-order valence-corrected chi connectivity index (χ2v) is 6.30. The van der Waals surface area contributed by atoms with Gasteiger partial charge in [-0.15, -0.1) is 0 Å². The SMILES string of the molecule is CCC(C)n1ccc(CC(O)C2CC3CC3C2)n1. The Bertz CT molecular complexity index is 404. The fourth-order valence-electron chi connectivity index (χ4n) is 3.38. The molecule has 0 aliphatic heterocycles. The molecule has 2 fully saturated rings. The van der Waals surface area contributed by atoms with Crippen LogP contribution in [0.4, 0.5) is 0 Å². The molecule has 0 aromatic carbocycles. The van der Waals surface area contributed by atoms with Gasteiger partial charge in [0.25, 0.3) is 0 Å². The number of aliphatic hydroxyl groups excluding tert-OH is 1. The molecule has 0 bridgehead atoms. The number of hydrogen-bond donors (Lipinski definition) is 1. The van der Waals surface area contributed by atoms with E-state index in [1.54, 1.807) is 0 Å². The van der Waals surface area contributed by atoms with Gasteiger partial charge < -0.3 is 5.11 Å². The molecule has 100 valence electrons. The predicted octanol–water partition coefficient (Wildman–Crippen LogP) is 2.80. The topological polar surface area (TPSA) is 38.0 Å². The summed E-state index contributed by atoms with van der Waals surface area (Å²) in [6, 6.07) is 2.51. The highest BCUT2D eigenvalue weighted by Gasteiger charge is 2.47. The second-order valence-electron chi connectivity index (χ2n) is 6.30. The van der Waals surface area contributed by atoms with E-state index in [9.17, 15) is 5.11 Å². The maximum Gasteiger partial charge on any atom is 0.0650 e. The van der Waals surface area contributed by atoms with Crippen molar-refractivity contribution in [3.05, 3.63) is 18.0 Å². The molecular formula is C15H24N2O. The lowest BCUT2D eigenvalue weighted by Gasteiger charge is -2.18. The van der Waals surface area contributed by atoms with E-state index in [4.69, 9.17) is 0 Å². The minimum Gasteiger partial charge on any atom is -0.392 e. The molecule has 1 heterocycles. The van der Waals surface area contributed by atoms with Crippen molar-refractivity contribution in [3.8, 4) is 0 Å². The average molecular weight is 248 g/mol. The largest absolute Gasteiger partial charge is 0.392 e. The molecular weight excluding hydrogens is 224 g/mol. The van der Waals surface area contributed by atoms with Gasteiger partial charge in [-0.3, -0.25) is 4.68 Å². The zero-order chi connectivity index (χ0) is 12.7. The molecule has 2 saturated carbocycles. The first-order valence-electron chi connectivity index (χ1n) is 7.39. The maximum atomic E-state index is 10.3. The van der Waals surface area contributed by atoms with E-state index in [0.29, 0.717) is 12.0 Å². The Morgan fingerprint density at radius 3 is 2.78 bits per heavy atom. The van der Waals surface area contributed by atoms with Crippen molar-refractivity contribution in [2.45, 2.75) is 58.1 Å². The molecule has 1 aromatic heterocycles. The molecule has 1 N–H and O–H groups in total. The molecule has 18 heavy (non-hydrogen) atoms. The van der Waals surface area contributed by atoms with Crippen LogP contribution in [-0.2, 0) is 6.42 Å². The van der Waals surface area contributed by atoms with Crippen molar-refractivity contribution >= 4 is 0 Å². The molecule has 3 heteroatoms. The third kappa shape index (κ3) is 2.33. The van der Waals surface area contributed by atoms with E-state index < -0.39 is 0 Å². The van der Waals surface area contributed by atoms with Crippen LogP contribution in [0.2, 0.25) is 0 Å². The molecule has 4 atom stereocenters. The van der Waals surface area contributed by atoms with Crippen molar-refractivity contribution in [1.82, 2.24) is 9.78 Å². The lowest BCUT2D eigenvalue weighted by molar-refractivity contribution is 0.103. The van der Waals surface area contributed by atoms with Crippen LogP contribution in [0.1, 0.15) is 51.3 Å². The molecule has 0 spiro atoms. The number of nitrogens with zero attached hydrogens (tertiary/aromatic N) is 2. The fourth-order valence-corrected chi connectivity index (χ4v) is 3.38. The number of hydrogen-bond acceptors (Lipinski definition) is 2. The van der Waals surface area contributed by atoms with Gasteiger partial charge in [0.1, 0.15) is 0 Å². The zero-order valence-corrected chi connectivity index (χ0v) is 11.4. The van der Waals surface area contributed by atoms with E-state index in [1.165, 1.54) is 19.3 Å². The summed E-state index contributed by atoms with van der Waals surface area (Å²) in [5.41, 5.74) is 1.04. The monoisotopic (exact) mass is 248 g/mol. The van der Waals surface area contributed by atoms with E-state index in [2.05, 4.69) is 25.0 Å². The molecule has 2 aliphatic carbocycles. The molecule has 0 saturated heterocycles. The molecule has 3 nitrogen and oxygen atoms in total. The Balaban J connectivity index is 1.56. The lowest BCUT2D eigenvalue weighted by Crippen LogP contribution is -2.22. The summed E-state index contributed by atoms with van der Waals surface area (Å²) < 4.78 is 2.02. The molecule has 4 unspecified atom stereocenters. The first-order chi connectivity index (χ1) is 8.67. The third-order valence-corrected chi connectivity index (χ3v) is 4.95. The van der Waals surface area contributed by atoms with Crippen LogP contribution in [-0.4, -0.2) is 21.0 Å². The van der Waals surface area contributed by atoms with E-state index in [0.717, 1.165) is 30.4 Å². The third-order valence-electron chi connectivity index (χ3n) is 4.95. The van der Waals surface area contributed by atoms with Crippen LogP contribution < -0.4 is 0 Å². The zero-order valence-electron chi connectivity index (χ0n) is 11.4. The van der Waals surface area contributed by atoms with Crippen LogP contribution in [0.3, 0.4) is 0 Å². The number of fused-ring (bicyclic) bond motifs is 1. The Kier molecular flexibility index (Phi) is 3.18. The Labute approximate surface area is 109 Å². The number of rotatable bonds is 5. The van der Waals surface area contributed by atoms with Gasteiger partial charge in [0.2, 0.25) is 0 Å². The van der Waals surface area contributed by atoms with Crippen LogP contribution in [0, 0.1) is 17.8 Å². The minimum absolute atomic E-state index is 0.182. The summed E-state index contributed by atoms with van der Waals surface area (Å²) in [5, 5.41) is 14.9. The van der Waals surface area contributed by atoms with E-state index in [1.807, 2.05) is 10.9 Å². The summed E-state index contributed by atoms with van der Waals surface area (Å²) in [6.07, 6.45) is 7.60. The molecule has 2 aliphatic rings. The second kappa shape index (κ2) is 4.69. The molecule has 0 radical (unpaired) electrons. The van der Waals surface area contributed by atoms with Crippen LogP contribution in [0.25, 0.3) is 0 Å². The normalized spacial score (nSPS) is 33.2. The van der Waals surface area contributed by atoms with E-state index >= 15 is 0 Å². The smallest absolute Gasteiger partial charge is 0.0650 e. The maximum absolute atomic E-state index is 10.3. The van der Waals surface area contributed by atoms with Gasteiger partial charge in [-0.2, -0.15) is 5.10 Å². The van der Waals surface area contributed by atoms with Gasteiger partial charge in [-0.05, 0) is 56.4 Å². The summed E-state index contributed by atoms with van der Waals surface area (Å²) in [7, 11) is 0. The highest BCUT2D eigenvalue weighted by atomic mass is 16.3. The fraction of sp³-hybridized carbons (Fsp3) is 0.800. The van der Waals surface area contributed by atoms with Gasteiger partial charge in [0.05, 0.1) is 11.8 Å². The Morgan fingerprint density at radius 1 is 1.39 bits per heavy atom. The van der Waals surface area contributed by atoms with Crippen LogP contribution >= 0.6 is 0 Å². The summed E-state index contributed by atoms with van der Waals surface area (Å²) in [4.78, 5) is 0. The van der Waals surface area contributed by atoms with Gasteiger partial charge >= 0.3 is 0 Å². The van der Waals surface area contributed by atoms with Crippen molar-refractivity contribution in [2.75, 3.05) is 0 Å². The quantitative estimate of drug-likeness (QED) is 0.870. The number of aromatic nitrogens is 2. The van der Waals surface area contributed by atoms with E-state index in [-0.39, 0.29) is 6.10 Å². The lowest BCUT2D eigenvalue weighted by atomic mass is 9.94. The summed E-state index contributed by atoms with van der Waals surface area (Å²) >= 11 is 0. The van der Waals surface area contributed by atoms with Crippen molar-refractivity contribution in [1.29, 1.82) is 0 Å². The Hall–Kier alpha value is -0.830. The van der Waals surface area contributed by atoms with Crippen LogP contribution in [0.15, 0.2) is 12.3 Å². The highest BCUT2D eigenvalue weighted by Crippen LogP contribution is 2.55. The standard InChI is InChI=1S/C15H24N2O/c1-3-10(2)17-5-4-14(16-17)9-15(18)13-7-11-6-12(11)8-13/h4-5,10-13,15,18H,3,6-9H2,1-2H3. The summed E-state index contributed by atoms with van der Waals surface area (Å²) in [5.74, 6) is 2.42. The predicted molar refractivity (Wildman–Crippen MR) is 71.3 cm³/mol. The summed E-state index contributed by atoms with van der Waals surface area (Å²) in [6.45, 7) is 4.35. The first kappa shape index (κ1) is 12.2. The van der Waals surface area contributed by atoms with Crippen molar-refractivity contribution < 1.29 is 5.11 Å². The van der Waals surface area contributed by atoms with Gasteiger partial charge in [0.15, 0.2) is 0 Å². The molecule has 3 rings (SSSR count). The van der Waals surface area contributed by atoms with Crippen molar-refractivity contribution in [2.24, 2.45) is 17.8 Å².